The molecule has 0 radical (unpaired) electrons. The number of urea groups is 1. The molecule has 2 N–H and O–H groups in total. The first-order valence-corrected chi connectivity index (χ1v) is 8.24. The van der Waals surface area contributed by atoms with Crippen LogP contribution in [0.2, 0.25) is 0 Å². The summed E-state index contributed by atoms with van der Waals surface area (Å²) in [5, 5.41) is 11.2. The molecule has 1 aliphatic heterocycles. The largest absolute Gasteiger partial charge is 0.481 e. The van der Waals surface area contributed by atoms with Gasteiger partial charge in [-0.2, -0.15) is 13.2 Å². The van der Waals surface area contributed by atoms with Gasteiger partial charge in [0.2, 0.25) is 0 Å². The summed E-state index contributed by atoms with van der Waals surface area (Å²) in [7, 11) is 0. The van der Waals surface area contributed by atoms with Crippen molar-refractivity contribution in [2.24, 2.45) is 0 Å². The summed E-state index contributed by atoms with van der Waals surface area (Å²) in [5.41, 5.74) is -0.406. The molecule has 1 heterocycles. The molecule has 1 saturated heterocycles. The topological polar surface area (TPSA) is 78.9 Å². The highest BCUT2D eigenvalue weighted by Gasteiger charge is 2.33. The van der Waals surface area contributed by atoms with Gasteiger partial charge in [-0.25, -0.2) is 4.79 Å². The van der Waals surface area contributed by atoms with E-state index < -0.39 is 23.8 Å². The summed E-state index contributed by atoms with van der Waals surface area (Å²) in [6.45, 7) is 2.38. The van der Waals surface area contributed by atoms with Crippen LogP contribution in [0.1, 0.15) is 37.0 Å². The van der Waals surface area contributed by atoms with Crippen LogP contribution in [0.3, 0.4) is 0 Å². The minimum Gasteiger partial charge on any atom is -0.481 e. The molecule has 26 heavy (non-hydrogen) atoms. The lowest BCUT2D eigenvalue weighted by Crippen LogP contribution is -2.50. The van der Waals surface area contributed by atoms with Crippen LogP contribution in [0.25, 0.3) is 0 Å². The maximum Gasteiger partial charge on any atom is 0.416 e. The summed E-state index contributed by atoms with van der Waals surface area (Å²) in [6, 6.07) is 4.49. The Hall–Kier alpha value is -2.29. The lowest BCUT2D eigenvalue weighted by molar-refractivity contribution is -0.138. The first-order valence-electron chi connectivity index (χ1n) is 8.24. The second kappa shape index (κ2) is 8.39. The second-order valence-corrected chi connectivity index (χ2v) is 6.19. The van der Waals surface area contributed by atoms with Crippen molar-refractivity contribution in [3.63, 3.8) is 0 Å². The zero-order valence-corrected chi connectivity index (χ0v) is 14.3. The molecular weight excluding hydrogens is 353 g/mol. The van der Waals surface area contributed by atoms with E-state index in [1.807, 2.05) is 0 Å². The Morgan fingerprint density at radius 3 is 2.73 bits per heavy atom. The van der Waals surface area contributed by atoms with Gasteiger partial charge in [0.1, 0.15) is 6.10 Å². The molecule has 0 spiro atoms. The van der Waals surface area contributed by atoms with Crippen molar-refractivity contribution in [3.8, 4) is 0 Å². The maximum atomic E-state index is 12.9. The van der Waals surface area contributed by atoms with Crippen LogP contribution in [0.4, 0.5) is 18.0 Å². The average molecular weight is 374 g/mol. The first-order chi connectivity index (χ1) is 12.2. The third kappa shape index (κ3) is 5.62. The third-order valence-electron chi connectivity index (χ3n) is 3.98. The number of carbonyl (C=O) groups excluding carboxylic acids is 1. The van der Waals surface area contributed by atoms with Gasteiger partial charge in [-0.05, 0) is 31.0 Å². The van der Waals surface area contributed by atoms with Crippen LogP contribution in [0.15, 0.2) is 24.3 Å². The Kier molecular flexibility index (Phi) is 6.47. The zero-order chi connectivity index (χ0) is 19.3. The SMILES string of the molecule is CC1CN(C(=O)NCCCC(=O)O)CC(c2cccc(C(F)(F)F)c2)O1. The highest BCUT2D eigenvalue weighted by Crippen LogP contribution is 2.32. The number of aliphatic carboxylic acids is 1. The van der Waals surface area contributed by atoms with Crippen molar-refractivity contribution in [1.29, 1.82) is 0 Å². The number of nitrogens with one attached hydrogen (secondary N) is 1. The molecule has 1 aromatic rings. The van der Waals surface area contributed by atoms with E-state index in [-0.39, 0.29) is 31.6 Å². The minimum atomic E-state index is -4.45. The van der Waals surface area contributed by atoms with Crippen molar-refractivity contribution in [2.45, 2.75) is 38.1 Å². The van der Waals surface area contributed by atoms with E-state index >= 15 is 0 Å². The number of amides is 2. The Bertz CT molecular complexity index is 651. The number of benzene rings is 1. The number of alkyl halides is 3. The Morgan fingerprint density at radius 2 is 2.08 bits per heavy atom. The maximum absolute atomic E-state index is 12.9. The van der Waals surface area contributed by atoms with Crippen LogP contribution < -0.4 is 5.32 Å². The lowest BCUT2D eigenvalue weighted by Gasteiger charge is -2.37. The Labute approximate surface area is 148 Å². The van der Waals surface area contributed by atoms with E-state index in [2.05, 4.69) is 5.32 Å². The van der Waals surface area contributed by atoms with Gasteiger partial charge in [-0.1, -0.05) is 12.1 Å². The predicted molar refractivity (Wildman–Crippen MR) is 86.6 cm³/mol. The van der Waals surface area contributed by atoms with E-state index in [9.17, 15) is 22.8 Å². The van der Waals surface area contributed by atoms with Crippen molar-refractivity contribution in [1.82, 2.24) is 10.2 Å². The number of halogens is 3. The molecule has 0 saturated carbocycles. The molecule has 1 fully saturated rings. The molecule has 2 unspecified atom stereocenters. The quantitative estimate of drug-likeness (QED) is 0.777. The smallest absolute Gasteiger partial charge is 0.416 e. The van der Waals surface area contributed by atoms with Crippen molar-refractivity contribution >= 4 is 12.0 Å². The van der Waals surface area contributed by atoms with E-state index in [0.29, 0.717) is 18.5 Å². The number of carbonyl (C=O) groups is 2. The molecule has 1 aromatic carbocycles. The summed E-state index contributed by atoms with van der Waals surface area (Å²) in [4.78, 5) is 24.2. The highest BCUT2D eigenvalue weighted by atomic mass is 19.4. The van der Waals surface area contributed by atoms with Crippen molar-refractivity contribution < 1.29 is 32.6 Å². The number of hydrogen-bond acceptors (Lipinski definition) is 3. The second-order valence-electron chi connectivity index (χ2n) is 6.19. The van der Waals surface area contributed by atoms with E-state index in [4.69, 9.17) is 9.84 Å². The molecule has 6 nitrogen and oxygen atoms in total. The number of rotatable bonds is 5. The zero-order valence-electron chi connectivity index (χ0n) is 14.3. The summed E-state index contributed by atoms with van der Waals surface area (Å²) in [6.07, 6.45) is -5.19. The van der Waals surface area contributed by atoms with Gasteiger partial charge in [-0.15, -0.1) is 0 Å². The van der Waals surface area contributed by atoms with Crippen LogP contribution >= 0.6 is 0 Å². The monoisotopic (exact) mass is 374 g/mol. The number of hydrogen-bond donors (Lipinski definition) is 2. The van der Waals surface area contributed by atoms with Gasteiger partial charge in [0.15, 0.2) is 0 Å². The molecular formula is C17H21F3N2O4. The normalized spacial score (nSPS) is 20.7. The molecule has 2 rings (SSSR count). The molecule has 2 atom stereocenters. The molecule has 0 bridgehead atoms. The van der Waals surface area contributed by atoms with Crippen LogP contribution in [-0.2, 0) is 15.7 Å². The number of carboxylic acid groups (broad SMARTS) is 1. The van der Waals surface area contributed by atoms with E-state index in [1.165, 1.54) is 11.0 Å². The van der Waals surface area contributed by atoms with Gasteiger partial charge >= 0.3 is 18.2 Å². The number of ether oxygens (including phenoxy) is 1. The van der Waals surface area contributed by atoms with Crippen molar-refractivity contribution in [2.75, 3.05) is 19.6 Å². The van der Waals surface area contributed by atoms with E-state index in [0.717, 1.165) is 12.1 Å². The van der Waals surface area contributed by atoms with Gasteiger partial charge < -0.3 is 20.1 Å². The standard InChI is InChI=1S/C17H21F3N2O4/c1-11-9-22(16(25)21-7-3-6-15(23)24)10-14(26-11)12-4-2-5-13(8-12)17(18,19)20/h2,4-5,8,11,14H,3,6-7,9-10H2,1H3,(H,21,25)(H,23,24). The van der Waals surface area contributed by atoms with Crippen LogP contribution in [0, 0.1) is 0 Å². The fraction of sp³-hybridized carbons (Fsp3) is 0.529. The van der Waals surface area contributed by atoms with Gasteiger partial charge in [0, 0.05) is 19.5 Å². The Morgan fingerprint density at radius 1 is 1.35 bits per heavy atom. The first kappa shape index (κ1) is 20.0. The molecule has 1 aliphatic rings. The Balaban J connectivity index is 2.01. The minimum absolute atomic E-state index is 0.0490. The summed E-state index contributed by atoms with van der Waals surface area (Å²) >= 11 is 0. The number of carboxylic acids is 1. The molecule has 0 aliphatic carbocycles. The summed E-state index contributed by atoms with van der Waals surface area (Å²) < 4.78 is 44.4. The molecule has 2 amide bonds. The molecule has 144 valence electrons. The number of morpholine rings is 1. The predicted octanol–water partition coefficient (Wildman–Crippen LogP) is 3.04. The number of nitrogens with zero attached hydrogens (tertiary/aromatic N) is 1. The highest BCUT2D eigenvalue weighted by molar-refractivity contribution is 5.74. The molecule has 0 aromatic heterocycles. The van der Waals surface area contributed by atoms with E-state index in [1.54, 1.807) is 13.0 Å². The molecule has 9 heteroatoms. The fourth-order valence-corrected chi connectivity index (χ4v) is 2.76. The fourth-order valence-electron chi connectivity index (χ4n) is 2.76. The van der Waals surface area contributed by atoms with Crippen molar-refractivity contribution in [3.05, 3.63) is 35.4 Å². The third-order valence-corrected chi connectivity index (χ3v) is 3.98. The summed E-state index contributed by atoms with van der Waals surface area (Å²) in [5.74, 6) is -0.941. The van der Waals surface area contributed by atoms with Gasteiger partial charge in [0.05, 0.1) is 18.2 Å². The van der Waals surface area contributed by atoms with Gasteiger partial charge in [0.25, 0.3) is 0 Å². The lowest BCUT2D eigenvalue weighted by atomic mass is 10.0. The van der Waals surface area contributed by atoms with Crippen LogP contribution in [0.5, 0.6) is 0 Å². The van der Waals surface area contributed by atoms with Crippen LogP contribution in [-0.4, -0.2) is 47.7 Å². The average Bonchev–Trinajstić information content (AvgIpc) is 2.57. The van der Waals surface area contributed by atoms with Gasteiger partial charge in [-0.3, -0.25) is 4.79 Å².